The molecule has 21 saturated carbocycles. The largest absolute Gasteiger partial charge is 0.0533 e. The molecule has 0 N–H and O–H groups in total. The SMILES string of the molecule is C12C3C4C1C1C2C3C41.C1C2C3CC4C5CC3C1C5C24.C1CC2CC3CCCC3(C1)C2.C1CCC2C3CCC2C(C1)C3.C1CCCC1.C1CCCCC1.C1CCCCCC1.C1CCCCCCC1. The van der Waals surface area contributed by atoms with Crippen molar-refractivity contribution < 1.29 is 0 Å². The molecule has 0 aromatic heterocycles. The van der Waals surface area contributed by atoms with E-state index in [1.807, 2.05) is 0 Å². The third-order valence-corrected chi connectivity index (χ3v) is 27.4. The molecule has 8 bridgehead atoms. The number of rotatable bonds is 0. The van der Waals surface area contributed by atoms with Gasteiger partial charge in [0, 0.05) is 0 Å². The van der Waals surface area contributed by atoms with Gasteiger partial charge in [0.05, 0.1) is 0 Å². The highest BCUT2D eigenvalue weighted by molar-refractivity contribution is 5.44. The van der Waals surface area contributed by atoms with E-state index in [4.69, 9.17) is 0 Å². The van der Waals surface area contributed by atoms with Crippen LogP contribution in [0.1, 0.15) is 283 Å². The maximum atomic E-state index is 1.68. The topological polar surface area (TPSA) is 0 Å². The molecule has 0 saturated heterocycles. The predicted molar refractivity (Wildman–Crippen MR) is 282 cm³/mol. The highest BCUT2D eigenvalue weighted by Gasteiger charge is 2.97. The zero-order valence-electron chi connectivity index (χ0n) is 44.3. The van der Waals surface area contributed by atoms with Crippen LogP contribution in [0.25, 0.3) is 0 Å². The summed E-state index contributed by atoms with van der Waals surface area (Å²) in [6.07, 6.45) is 67.8. The van der Waals surface area contributed by atoms with Gasteiger partial charge in [-0.05, 0) is 213 Å². The first-order valence-corrected chi connectivity index (χ1v) is 33.3. The molecule has 15 unspecified atom stereocenters. The van der Waals surface area contributed by atoms with Gasteiger partial charge in [-0.2, -0.15) is 0 Å². The Balaban J connectivity index is 0.0000000771. The number of fused-ring (bicyclic) bond motifs is 3. The lowest BCUT2D eigenvalue weighted by molar-refractivity contribution is -0.565. The normalized spacial score (nSPS) is 54.1. The minimum Gasteiger partial charge on any atom is -0.0533 e. The van der Waals surface area contributed by atoms with Crippen LogP contribution in [0.4, 0.5) is 0 Å². The summed E-state index contributed by atoms with van der Waals surface area (Å²) in [5.41, 5.74) is 0.906. The van der Waals surface area contributed by atoms with Gasteiger partial charge in [-0.3, -0.25) is 0 Å². The van der Waals surface area contributed by atoms with Crippen molar-refractivity contribution in [3.8, 4) is 0 Å². The van der Waals surface area contributed by atoms with E-state index in [9.17, 15) is 0 Å². The van der Waals surface area contributed by atoms with Crippen LogP contribution >= 0.6 is 0 Å². The lowest BCUT2D eigenvalue weighted by Gasteiger charge is -3.03. The van der Waals surface area contributed by atoms with E-state index in [2.05, 4.69) is 0 Å². The highest BCUT2D eigenvalue weighted by atomic mass is 15.0. The molecule has 378 valence electrons. The predicted octanol–water partition coefficient (Wildman–Crippen LogP) is 19.9. The summed E-state index contributed by atoms with van der Waals surface area (Å²) in [5.74, 6) is 27.9. The Labute approximate surface area is 416 Å². The lowest BCUT2D eigenvalue weighted by Crippen LogP contribution is -3.00. The first kappa shape index (κ1) is 46.8. The Hall–Kier alpha value is 0. The molecule has 0 amide bonds. The van der Waals surface area contributed by atoms with Crippen molar-refractivity contribution in [1.82, 2.24) is 0 Å². The second-order valence-electron chi connectivity index (χ2n) is 29.8. The van der Waals surface area contributed by atoms with Gasteiger partial charge in [-0.1, -0.05) is 205 Å². The van der Waals surface area contributed by atoms with E-state index in [1.165, 1.54) is 291 Å². The zero-order chi connectivity index (χ0) is 44.3. The van der Waals surface area contributed by atoms with Crippen LogP contribution in [0.3, 0.4) is 0 Å². The second kappa shape index (κ2) is 20.7. The molecule has 0 radical (unpaired) electrons. The first-order chi connectivity index (χ1) is 33.3. The maximum absolute atomic E-state index is 1.68. The van der Waals surface area contributed by atoms with Crippen LogP contribution in [-0.4, -0.2) is 0 Å². The Morgan fingerprint density at radius 1 is 0.209 bits per heavy atom. The fraction of sp³-hybridized carbons (Fsp3) is 1.00. The van der Waals surface area contributed by atoms with Gasteiger partial charge in [-0.15, -0.1) is 0 Å². The molecule has 0 nitrogen and oxygen atoms in total. The Kier molecular flexibility index (Phi) is 14.5. The molecule has 21 aliphatic carbocycles. The second-order valence-corrected chi connectivity index (χ2v) is 29.8. The van der Waals surface area contributed by atoms with Gasteiger partial charge < -0.3 is 0 Å². The molecule has 21 rings (SSSR count). The van der Waals surface area contributed by atoms with Crippen molar-refractivity contribution in [2.45, 2.75) is 283 Å². The van der Waals surface area contributed by atoms with Crippen molar-refractivity contribution in [2.75, 3.05) is 0 Å². The van der Waals surface area contributed by atoms with Crippen LogP contribution in [0.2, 0.25) is 0 Å². The smallest absolute Gasteiger partial charge is 0.0266 e. The van der Waals surface area contributed by atoms with Crippen molar-refractivity contribution in [3.63, 3.8) is 0 Å². The van der Waals surface area contributed by atoms with Gasteiger partial charge in [0.25, 0.3) is 0 Å². The fourth-order valence-corrected chi connectivity index (χ4v) is 24.8. The van der Waals surface area contributed by atoms with Crippen LogP contribution in [-0.2, 0) is 0 Å². The standard InChI is InChI=1S/C11H14.2C11H18.C8H8.C8H16.C7H14.C6H12.C5H10/c1-4-5-2-9-8(1)10-6(4)3-7(5)11(9)10;1-3-9-7-10-4-2-6-11(10,5-1)8-9;1-2-4-10-9-5-6-11(10)8(3-1)7-9;1-2-5-3(1)7-4(1)6(2)8(5)7;1-2-4-6-8-7-5-3-1;1-2-4-6-7-5-3-1;1-2-4-6-5-3-1;1-2-4-5-3-1/h4-11H,1-3H2;9-10H,1-8H2;8-11H,1-7H2;1-8H;1-8H2;1-7H2;1-6H2;1-5H2. The summed E-state index contributed by atoms with van der Waals surface area (Å²) in [7, 11) is 0. The molecule has 0 aliphatic heterocycles. The van der Waals surface area contributed by atoms with Gasteiger partial charge >= 0.3 is 0 Å². The molecule has 15 atom stereocenters. The molecule has 21 aliphatic rings. The van der Waals surface area contributed by atoms with Crippen LogP contribution in [0.5, 0.6) is 0 Å². The zero-order valence-corrected chi connectivity index (χ0v) is 44.3. The molecule has 0 heteroatoms. The minimum absolute atomic E-state index is 0.906. The minimum atomic E-state index is 0.906. The Bertz CT molecular complexity index is 1350. The monoisotopic (exact) mass is 915 g/mol. The highest BCUT2D eigenvalue weighted by Crippen LogP contribution is 3.01. The Morgan fingerprint density at radius 2 is 0.552 bits per heavy atom. The molecular formula is C67H110. The molecule has 0 aromatic rings. The average molecular weight is 916 g/mol. The average Bonchev–Trinajstić information content (AvgIpc) is 4.24. The molecule has 21 fully saturated rings. The van der Waals surface area contributed by atoms with Crippen molar-refractivity contribution in [2.24, 2.45) is 136 Å². The van der Waals surface area contributed by atoms with Gasteiger partial charge in [0.2, 0.25) is 0 Å². The lowest BCUT2D eigenvalue weighted by atomic mass is 9.01. The fourth-order valence-electron chi connectivity index (χ4n) is 24.8. The van der Waals surface area contributed by atoms with E-state index >= 15 is 0 Å². The third kappa shape index (κ3) is 8.44. The summed E-state index contributed by atoms with van der Waals surface area (Å²) in [4.78, 5) is 0. The van der Waals surface area contributed by atoms with Gasteiger partial charge in [-0.25, -0.2) is 0 Å². The number of hydrogen-bond donors (Lipinski definition) is 0. The summed E-state index contributed by atoms with van der Waals surface area (Å²) in [6, 6.07) is 0. The first-order valence-electron chi connectivity index (χ1n) is 33.3. The molecule has 0 heterocycles. The molecule has 0 aromatic carbocycles. The van der Waals surface area contributed by atoms with E-state index in [0.717, 1.165) is 11.3 Å². The van der Waals surface area contributed by atoms with E-state index in [-0.39, 0.29) is 0 Å². The molecule has 67 heavy (non-hydrogen) atoms. The van der Waals surface area contributed by atoms with Crippen LogP contribution in [0, 0.1) is 136 Å². The summed E-state index contributed by atoms with van der Waals surface area (Å²) >= 11 is 0. The maximum Gasteiger partial charge on any atom is -0.0266 e. The van der Waals surface area contributed by atoms with Crippen molar-refractivity contribution in [3.05, 3.63) is 0 Å². The van der Waals surface area contributed by atoms with Gasteiger partial charge in [0.1, 0.15) is 0 Å². The summed E-state index contributed by atoms with van der Waals surface area (Å²) in [5, 5.41) is 0. The van der Waals surface area contributed by atoms with Crippen LogP contribution < -0.4 is 0 Å². The van der Waals surface area contributed by atoms with E-state index in [0.29, 0.717) is 0 Å². The third-order valence-electron chi connectivity index (χ3n) is 27.4. The summed E-state index contributed by atoms with van der Waals surface area (Å²) in [6.45, 7) is 0. The molecular weight excluding hydrogens is 805 g/mol. The molecule has 1 spiro atoms. The van der Waals surface area contributed by atoms with Crippen molar-refractivity contribution in [1.29, 1.82) is 0 Å². The number of hydrogen-bond acceptors (Lipinski definition) is 0. The Morgan fingerprint density at radius 3 is 0.985 bits per heavy atom. The van der Waals surface area contributed by atoms with E-state index in [1.54, 1.807) is 116 Å². The van der Waals surface area contributed by atoms with Gasteiger partial charge in [0.15, 0.2) is 0 Å². The summed E-state index contributed by atoms with van der Waals surface area (Å²) < 4.78 is 0. The van der Waals surface area contributed by atoms with Crippen molar-refractivity contribution >= 4 is 0 Å². The van der Waals surface area contributed by atoms with Crippen LogP contribution in [0.15, 0.2) is 0 Å². The van der Waals surface area contributed by atoms with E-state index < -0.39 is 0 Å². The quantitative estimate of drug-likeness (QED) is 0.212.